The Balaban J connectivity index is 1.76. The zero-order valence-electron chi connectivity index (χ0n) is 13.4. The second-order valence-electron chi connectivity index (χ2n) is 7.09. The summed E-state index contributed by atoms with van der Waals surface area (Å²) in [6.45, 7) is 8.95. The van der Waals surface area contributed by atoms with Crippen molar-refractivity contribution in [1.29, 1.82) is 0 Å². The molecule has 0 amide bonds. The highest BCUT2D eigenvalue weighted by atomic mass is 16.7. The van der Waals surface area contributed by atoms with E-state index in [1.807, 2.05) is 12.1 Å². The van der Waals surface area contributed by atoms with Crippen molar-refractivity contribution in [3.63, 3.8) is 0 Å². The minimum Gasteiger partial charge on any atom is -0.478 e. The van der Waals surface area contributed by atoms with E-state index in [0.29, 0.717) is 11.8 Å². The Labute approximate surface area is 127 Å². The Bertz CT molecular complexity index is 498. The molecule has 0 bridgehead atoms. The Morgan fingerprint density at radius 3 is 2.48 bits per heavy atom. The van der Waals surface area contributed by atoms with Crippen molar-refractivity contribution in [2.24, 2.45) is 5.92 Å². The fraction of sp³-hybridized carbons (Fsp3) is 0.688. The van der Waals surface area contributed by atoms with E-state index in [-0.39, 0.29) is 11.2 Å². The molecule has 3 rings (SSSR count). The van der Waals surface area contributed by atoms with Gasteiger partial charge in [-0.3, -0.25) is 0 Å². The van der Waals surface area contributed by atoms with Crippen LogP contribution in [-0.4, -0.2) is 29.9 Å². The maximum Gasteiger partial charge on any atom is 0.500 e. The summed E-state index contributed by atoms with van der Waals surface area (Å²) in [5, 5.41) is 0. The van der Waals surface area contributed by atoms with Crippen molar-refractivity contribution < 1.29 is 14.0 Å². The molecule has 2 aliphatic rings. The van der Waals surface area contributed by atoms with Gasteiger partial charge in [0.2, 0.25) is 5.88 Å². The van der Waals surface area contributed by atoms with Crippen molar-refractivity contribution >= 4 is 12.6 Å². The van der Waals surface area contributed by atoms with E-state index in [9.17, 15) is 0 Å². The van der Waals surface area contributed by atoms with Gasteiger partial charge in [-0.15, -0.1) is 0 Å². The minimum absolute atomic E-state index is 0.348. The van der Waals surface area contributed by atoms with Gasteiger partial charge in [0, 0.05) is 11.7 Å². The van der Waals surface area contributed by atoms with Gasteiger partial charge in [0.25, 0.3) is 0 Å². The largest absolute Gasteiger partial charge is 0.500 e. The van der Waals surface area contributed by atoms with Crippen molar-refractivity contribution in [3.8, 4) is 5.88 Å². The highest BCUT2D eigenvalue weighted by molar-refractivity contribution is 6.63. The summed E-state index contributed by atoms with van der Waals surface area (Å²) < 4.78 is 18.1. The molecular formula is C16H24BNO3. The van der Waals surface area contributed by atoms with Crippen LogP contribution in [0.3, 0.4) is 0 Å². The molecule has 0 radical (unpaired) electrons. The standard InChI is InChI=1S/C16H24BNO3/c1-15(2)16(3,4)21-17(20-15)13-9-6-10-18-14(13)19-11-12-7-5-8-12/h6,9-10,12H,5,7-8,11H2,1-4H3. The predicted molar refractivity (Wildman–Crippen MR) is 82.8 cm³/mol. The average molecular weight is 289 g/mol. The number of aromatic nitrogens is 1. The normalized spacial score (nSPS) is 23.9. The summed E-state index contributed by atoms with van der Waals surface area (Å²) in [5.74, 6) is 1.32. The first-order valence-corrected chi connectivity index (χ1v) is 7.82. The summed E-state index contributed by atoms with van der Waals surface area (Å²) in [7, 11) is -0.417. The second-order valence-corrected chi connectivity index (χ2v) is 7.09. The second kappa shape index (κ2) is 5.29. The van der Waals surface area contributed by atoms with Gasteiger partial charge >= 0.3 is 7.12 Å². The Morgan fingerprint density at radius 1 is 1.24 bits per heavy atom. The van der Waals surface area contributed by atoms with Gasteiger partial charge in [0.1, 0.15) is 0 Å². The number of pyridine rings is 1. The minimum atomic E-state index is -0.417. The number of nitrogens with zero attached hydrogens (tertiary/aromatic N) is 1. The molecule has 2 heterocycles. The number of hydrogen-bond donors (Lipinski definition) is 0. The van der Waals surface area contributed by atoms with E-state index in [4.69, 9.17) is 14.0 Å². The van der Waals surface area contributed by atoms with Crippen LogP contribution in [0.5, 0.6) is 5.88 Å². The van der Waals surface area contributed by atoms with Crippen LogP contribution in [-0.2, 0) is 9.31 Å². The fourth-order valence-electron chi connectivity index (χ4n) is 2.53. The smallest absolute Gasteiger partial charge is 0.478 e. The predicted octanol–water partition coefficient (Wildman–Crippen LogP) is 2.56. The third-order valence-electron chi connectivity index (χ3n) is 4.99. The summed E-state index contributed by atoms with van der Waals surface area (Å²) >= 11 is 0. The molecule has 0 unspecified atom stereocenters. The molecule has 1 aromatic heterocycles. The van der Waals surface area contributed by atoms with Crippen LogP contribution in [0.4, 0.5) is 0 Å². The molecule has 4 nitrogen and oxygen atoms in total. The first-order chi connectivity index (χ1) is 9.89. The fourth-order valence-corrected chi connectivity index (χ4v) is 2.53. The maximum atomic E-state index is 6.10. The van der Waals surface area contributed by atoms with Crippen LogP contribution in [0.2, 0.25) is 0 Å². The molecule has 0 N–H and O–H groups in total. The van der Waals surface area contributed by atoms with E-state index in [1.54, 1.807) is 6.20 Å². The molecule has 2 fully saturated rings. The zero-order chi connectivity index (χ0) is 15.1. The van der Waals surface area contributed by atoms with Gasteiger partial charge in [0.05, 0.1) is 17.8 Å². The van der Waals surface area contributed by atoms with Crippen LogP contribution >= 0.6 is 0 Å². The molecule has 1 aromatic rings. The highest BCUT2D eigenvalue weighted by Gasteiger charge is 2.52. The average Bonchev–Trinajstić information content (AvgIpc) is 2.57. The first-order valence-electron chi connectivity index (χ1n) is 7.82. The molecule has 0 atom stereocenters. The third kappa shape index (κ3) is 2.81. The molecule has 114 valence electrons. The molecule has 0 aromatic carbocycles. The summed E-state index contributed by atoms with van der Waals surface area (Å²) in [6, 6.07) is 3.88. The van der Waals surface area contributed by atoms with Crippen LogP contribution in [0, 0.1) is 5.92 Å². The quantitative estimate of drug-likeness (QED) is 0.799. The molecule has 5 heteroatoms. The summed E-state index contributed by atoms with van der Waals surface area (Å²) in [4.78, 5) is 4.37. The third-order valence-corrected chi connectivity index (χ3v) is 4.99. The van der Waals surface area contributed by atoms with E-state index in [1.165, 1.54) is 19.3 Å². The number of rotatable bonds is 4. The lowest BCUT2D eigenvalue weighted by Gasteiger charge is -2.32. The lowest BCUT2D eigenvalue weighted by molar-refractivity contribution is 0.00578. The summed E-state index contributed by atoms with van der Waals surface area (Å²) in [6.07, 6.45) is 5.60. The topological polar surface area (TPSA) is 40.6 Å². The zero-order valence-corrected chi connectivity index (χ0v) is 13.4. The molecule has 1 saturated carbocycles. The van der Waals surface area contributed by atoms with E-state index < -0.39 is 7.12 Å². The van der Waals surface area contributed by atoms with Crippen molar-refractivity contribution in [2.75, 3.05) is 6.61 Å². The Kier molecular flexibility index (Phi) is 3.74. The van der Waals surface area contributed by atoms with Gasteiger partial charge in [-0.2, -0.15) is 0 Å². The van der Waals surface area contributed by atoms with Crippen LogP contribution in [0.1, 0.15) is 47.0 Å². The van der Waals surface area contributed by atoms with E-state index in [0.717, 1.165) is 12.1 Å². The van der Waals surface area contributed by atoms with Crippen LogP contribution in [0.25, 0.3) is 0 Å². The number of hydrogen-bond acceptors (Lipinski definition) is 4. The SMILES string of the molecule is CC1(C)OB(c2cccnc2OCC2CCC2)OC1(C)C. The van der Waals surface area contributed by atoms with E-state index >= 15 is 0 Å². The molecule has 0 spiro atoms. The molecule has 1 aliphatic heterocycles. The first kappa shape index (κ1) is 14.9. The van der Waals surface area contributed by atoms with Crippen LogP contribution in [0.15, 0.2) is 18.3 Å². The van der Waals surface area contributed by atoms with Gasteiger partial charge < -0.3 is 14.0 Å². The molecule has 1 aliphatic carbocycles. The monoisotopic (exact) mass is 289 g/mol. The van der Waals surface area contributed by atoms with Crippen molar-refractivity contribution in [2.45, 2.75) is 58.2 Å². The van der Waals surface area contributed by atoms with Gasteiger partial charge in [-0.1, -0.05) is 12.5 Å². The molecule has 21 heavy (non-hydrogen) atoms. The van der Waals surface area contributed by atoms with Crippen molar-refractivity contribution in [3.05, 3.63) is 18.3 Å². The van der Waals surface area contributed by atoms with Gasteiger partial charge in [0.15, 0.2) is 0 Å². The van der Waals surface area contributed by atoms with E-state index in [2.05, 4.69) is 32.7 Å². The van der Waals surface area contributed by atoms with Crippen LogP contribution < -0.4 is 10.2 Å². The molecule has 1 saturated heterocycles. The van der Waals surface area contributed by atoms with Crippen molar-refractivity contribution in [1.82, 2.24) is 4.98 Å². The lowest BCUT2D eigenvalue weighted by Crippen LogP contribution is -2.41. The van der Waals surface area contributed by atoms with Gasteiger partial charge in [-0.05, 0) is 52.5 Å². The lowest BCUT2D eigenvalue weighted by atomic mass is 9.79. The summed E-state index contributed by atoms with van der Waals surface area (Å²) in [5.41, 5.74) is 0.188. The maximum absolute atomic E-state index is 6.10. The Morgan fingerprint density at radius 2 is 1.90 bits per heavy atom. The molecular weight excluding hydrogens is 265 g/mol. The number of ether oxygens (including phenoxy) is 1. The highest BCUT2D eigenvalue weighted by Crippen LogP contribution is 2.37. The Hall–Kier alpha value is -1.07. The van der Waals surface area contributed by atoms with Gasteiger partial charge in [-0.25, -0.2) is 4.98 Å².